The van der Waals surface area contributed by atoms with E-state index in [0.717, 1.165) is 17.5 Å². The quantitative estimate of drug-likeness (QED) is 0.437. The van der Waals surface area contributed by atoms with Crippen LogP contribution in [0.1, 0.15) is 43.0 Å². The zero-order chi connectivity index (χ0) is 24.2. The number of aliphatic hydroxyl groups is 4. The highest BCUT2D eigenvalue weighted by Crippen LogP contribution is 2.33. The Balaban J connectivity index is 1.85. The van der Waals surface area contributed by atoms with Crippen LogP contribution in [0.15, 0.2) is 42.5 Å². The van der Waals surface area contributed by atoms with Crippen LogP contribution in [0.4, 0.5) is 0 Å². The molecule has 1 saturated heterocycles. The van der Waals surface area contributed by atoms with Crippen LogP contribution in [0, 0.1) is 0 Å². The standard InChI is InChI=1S/C25H32O8/c1-4-16-5-7-17(8-6-16)11-19-10-9-18(13-26)12-20(19)32-24-22(28)23(29)25(3,30)21(33-24)14-31-15(2)27/h5-10,12,21-24,26,28-30H,4,11,13-14H2,1-3H3/t21-,22-,23-,24-,25-/m1/s1. The van der Waals surface area contributed by atoms with E-state index in [1.807, 2.05) is 18.2 Å². The van der Waals surface area contributed by atoms with Crippen molar-refractivity contribution in [3.63, 3.8) is 0 Å². The number of ether oxygens (including phenoxy) is 3. The topological polar surface area (TPSA) is 126 Å². The average Bonchev–Trinajstić information content (AvgIpc) is 2.80. The van der Waals surface area contributed by atoms with Crippen molar-refractivity contribution in [3.8, 4) is 5.75 Å². The van der Waals surface area contributed by atoms with Crippen LogP contribution in [0.25, 0.3) is 0 Å². The molecule has 0 aliphatic carbocycles. The molecule has 0 amide bonds. The minimum absolute atomic E-state index is 0.206. The first-order chi connectivity index (χ1) is 15.6. The van der Waals surface area contributed by atoms with E-state index in [1.165, 1.54) is 19.4 Å². The van der Waals surface area contributed by atoms with E-state index in [0.29, 0.717) is 17.7 Å². The summed E-state index contributed by atoms with van der Waals surface area (Å²) in [6.45, 7) is 4.08. The largest absolute Gasteiger partial charge is 0.463 e. The van der Waals surface area contributed by atoms with E-state index in [9.17, 15) is 25.2 Å². The summed E-state index contributed by atoms with van der Waals surface area (Å²) in [5.74, 6) is -0.204. The third-order valence-electron chi connectivity index (χ3n) is 5.97. The van der Waals surface area contributed by atoms with Gasteiger partial charge in [-0.25, -0.2) is 0 Å². The SMILES string of the molecule is CCc1ccc(Cc2ccc(CO)cc2O[C@@H]2O[C@H](COC(C)=O)[C@@](C)(O)[C@H](O)[C@H]2O)cc1. The summed E-state index contributed by atoms with van der Waals surface area (Å²) in [6.07, 6.45) is -4.17. The molecule has 4 N–H and O–H groups in total. The number of benzene rings is 2. The van der Waals surface area contributed by atoms with Crippen LogP contribution < -0.4 is 4.74 Å². The molecule has 1 aliphatic rings. The maximum absolute atomic E-state index is 11.2. The van der Waals surface area contributed by atoms with Crippen LogP contribution >= 0.6 is 0 Å². The van der Waals surface area contributed by atoms with E-state index in [1.54, 1.807) is 12.1 Å². The molecule has 8 heteroatoms. The number of hydrogen-bond acceptors (Lipinski definition) is 8. The molecule has 1 fully saturated rings. The minimum Gasteiger partial charge on any atom is -0.463 e. The van der Waals surface area contributed by atoms with Gasteiger partial charge in [0.15, 0.2) is 0 Å². The Labute approximate surface area is 193 Å². The number of esters is 1. The second kappa shape index (κ2) is 10.6. The number of rotatable bonds is 8. The third kappa shape index (κ3) is 5.90. The van der Waals surface area contributed by atoms with Gasteiger partial charge in [-0.2, -0.15) is 0 Å². The normalized spacial score (nSPS) is 27.2. The lowest BCUT2D eigenvalue weighted by Crippen LogP contribution is -2.66. The number of carbonyl (C=O) groups excluding carboxylic acids is 1. The molecule has 5 atom stereocenters. The molecular weight excluding hydrogens is 428 g/mol. The van der Waals surface area contributed by atoms with Crippen LogP contribution in [-0.4, -0.2) is 63.2 Å². The zero-order valence-electron chi connectivity index (χ0n) is 19.1. The number of aliphatic hydroxyl groups excluding tert-OH is 3. The van der Waals surface area contributed by atoms with Gasteiger partial charge < -0.3 is 34.6 Å². The summed E-state index contributed by atoms with van der Waals surface area (Å²) >= 11 is 0. The lowest BCUT2D eigenvalue weighted by molar-refractivity contribution is -0.309. The predicted octanol–water partition coefficient (Wildman–Crippen LogP) is 1.47. The van der Waals surface area contributed by atoms with Gasteiger partial charge in [-0.05, 0) is 41.7 Å². The molecule has 0 radical (unpaired) electrons. The summed E-state index contributed by atoms with van der Waals surface area (Å²) < 4.78 is 16.6. The zero-order valence-corrected chi connectivity index (χ0v) is 19.1. The maximum Gasteiger partial charge on any atom is 0.302 e. The lowest BCUT2D eigenvalue weighted by atomic mass is 9.86. The van der Waals surface area contributed by atoms with E-state index in [4.69, 9.17) is 14.2 Å². The molecule has 8 nitrogen and oxygen atoms in total. The molecule has 1 aliphatic heterocycles. The van der Waals surface area contributed by atoms with Gasteiger partial charge in [0.2, 0.25) is 6.29 Å². The van der Waals surface area contributed by atoms with Gasteiger partial charge in [0, 0.05) is 13.3 Å². The maximum atomic E-state index is 11.2. The minimum atomic E-state index is -1.87. The van der Waals surface area contributed by atoms with Gasteiger partial charge in [0.05, 0.1) is 6.61 Å². The van der Waals surface area contributed by atoms with E-state index in [-0.39, 0.29) is 13.2 Å². The van der Waals surface area contributed by atoms with Gasteiger partial charge in [-0.1, -0.05) is 43.3 Å². The molecular formula is C25H32O8. The second-order valence-corrected chi connectivity index (χ2v) is 8.52. The first-order valence-electron chi connectivity index (χ1n) is 11.0. The number of hydrogen-bond donors (Lipinski definition) is 4. The van der Waals surface area contributed by atoms with Crippen molar-refractivity contribution in [1.29, 1.82) is 0 Å². The van der Waals surface area contributed by atoms with Crippen molar-refractivity contribution >= 4 is 5.97 Å². The van der Waals surface area contributed by atoms with Crippen LogP contribution in [-0.2, 0) is 33.7 Å². The van der Waals surface area contributed by atoms with Crippen LogP contribution in [0.3, 0.4) is 0 Å². The average molecular weight is 461 g/mol. The first kappa shape index (κ1) is 25.1. The highest BCUT2D eigenvalue weighted by atomic mass is 16.7. The predicted molar refractivity (Wildman–Crippen MR) is 120 cm³/mol. The van der Waals surface area contributed by atoms with Gasteiger partial charge in [0.25, 0.3) is 0 Å². The highest BCUT2D eigenvalue weighted by molar-refractivity contribution is 5.65. The molecule has 2 aromatic carbocycles. The van der Waals surface area contributed by atoms with Crippen molar-refractivity contribution in [2.24, 2.45) is 0 Å². The highest BCUT2D eigenvalue weighted by Gasteiger charge is 2.53. The molecule has 1 heterocycles. The van der Waals surface area contributed by atoms with Gasteiger partial charge in [0.1, 0.15) is 36.3 Å². The number of carbonyl (C=O) groups is 1. The fraction of sp³-hybridized carbons (Fsp3) is 0.480. The van der Waals surface area contributed by atoms with Gasteiger partial charge in [-0.3, -0.25) is 4.79 Å². The summed E-state index contributed by atoms with van der Waals surface area (Å²) in [5, 5.41) is 41.3. The Bertz CT molecular complexity index is 940. The number of aryl methyl sites for hydroxylation is 1. The van der Waals surface area contributed by atoms with Crippen molar-refractivity contribution in [2.45, 2.75) is 70.4 Å². The fourth-order valence-electron chi connectivity index (χ4n) is 3.75. The Morgan fingerprint density at radius 3 is 2.33 bits per heavy atom. The molecule has 0 bridgehead atoms. The first-order valence-corrected chi connectivity index (χ1v) is 11.0. The molecule has 0 saturated carbocycles. The summed E-state index contributed by atoms with van der Waals surface area (Å²) in [5.41, 5.74) is 1.80. The van der Waals surface area contributed by atoms with Crippen molar-refractivity contribution < 1.29 is 39.4 Å². The van der Waals surface area contributed by atoms with Crippen molar-refractivity contribution in [1.82, 2.24) is 0 Å². The molecule has 0 unspecified atom stereocenters. The van der Waals surface area contributed by atoms with E-state index < -0.39 is 36.2 Å². The molecule has 3 rings (SSSR count). The van der Waals surface area contributed by atoms with Gasteiger partial charge in [-0.15, -0.1) is 0 Å². The lowest BCUT2D eigenvalue weighted by Gasteiger charge is -2.46. The summed E-state index contributed by atoms with van der Waals surface area (Å²) in [6, 6.07) is 13.4. The molecule has 2 aromatic rings. The third-order valence-corrected chi connectivity index (χ3v) is 5.97. The Morgan fingerprint density at radius 2 is 1.73 bits per heavy atom. The van der Waals surface area contributed by atoms with E-state index in [2.05, 4.69) is 19.1 Å². The summed E-state index contributed by atoms with van der Waals surface area (Å²) in [4.78, 5) is 11.2. The van der Waals surface area contributed by atoms with Crippen molar-refractivity contribution in [3.05, 3.63) is 64.7 Å². The van der Waals surface area contributed by atoms with Crippen molar-refractivity contribution in [2.75, 3.05) is 6.61 Å². The summed E-state index contributed by atoms with van der Waals surface area (Å²) in [7, 11) is 0. The Morgan fingerprint density at radius 1 is 1.09 bits per heavy atom. The molecule has 0 spiro atoms. The Hall–Kier alpha value is -2.49. The van der Waals surface area contributed by atoms with Crippen LogP contribution in [0.5, 0.6) is 5.75 Å². The second-order valence-electron chi connectivity index (χ2n) is 8.52. The molecule has 33 heavy (non-hydrogen) atoms. The smallest absolute Gasteiger partial charge is 0.302 e. The monoisotopic (exact) mass is 460 g/mol. The van der Waals surface area contributed by atoms with Gasteiger partial charge >= 0.3 is 5.97 Å². The molecule has 180 valence electrons. The van der Waals surface area contributed by atoms with Crippen LogP contribution in [0.2, 0.25) is 0 Å². The molecule has 0 aromatic heterocycles. The Kier molecular flexibility index (Phi) is 8.10. The van der Waals surface area contributed by atoms with E-state index >= 15 is 0 Å². The fourth-order valence-corrected chi connectivity index (χ4v) is 3.75.